The highest BCUT2D eigenvalue weighted by molar-refractivity contribution is 9.10. The molecule has 2 nitrogen and oxygen atoms in total. The minimum Gasteiger partial charge on any atom is -0.371 e. The van der Waals surface area contributed by atoms with Gasteiger partial charge in [-0.05, 0) is 40.4 Å². The summed E-state index contributed by atoms with van der Waals surface area (Å²) < 4.78 is 7.04. The lowest BCUT2D eigenvalue weighted by atomic mass is 10.1. The summed E-state index contributed by atoms with van der Waals surface area (Å²) in [6.45, 7) is 2.70. The van der Waals surface area contributed by atoms with Gasteiger partial charge in [-0.25, -0.2) is 0 Å². The summed E-state index contributed by atoms with van der Waals surface area (Å²) in [6.07, 6.45) is 0.939. The molecule has 2 rings (SSSR count). The van der Waals surface area contributed by atoms with Crippen LogP contribution in [0.25, 0.3) is 0 Å². The molecule has 2 aromatic rings. The van der Waals surface area contributed by atoms with Gasteiger partial charge in [0, 0.05) is 32.1 Å². The maximum atomic E-state index is 6.01. The number of ether oxygens (including phenoxy) is 1. The third-order valence-corrected chi connectivity index (χ3v) is 5.26. The van der Waals surface area contributed by atoms with Gasteiger partial charge in [0.2, 0.25) is 0 Å². The van der Waals surface area contributed by atoms with Gasteiger partial charge in [0.25, 0.3) is 0 Å². The lowest BCUT2D eigenvalue weighted by molar-refractivity contribution is 0.0430. The first-order valence-electron chi connectivity index (χ1n) is 5.80. The summed E-state index contributed by atoms with van der Waals surface area (Å²) >= 11 is 6.92. The van der Waals surface area contributed by atoms with E-state index in [2.05, 4.69) is 44.9 Å². The van der Waals surface area contributed by atoms with Crippen molar-refractivity contribution in [3.63, 3.8) is 0 Å². The zero-order valence-corrected chi connectivity index (χ0v) is 13.4. The van der Waals surface area contributed by atoms with Crippen molar-refractivity contribution in [3.8, 4) is 0 Å². The lowest BCUT2D eigenvalue weighted by Gasteiger charge is -2.20. The Labute approximate surface area is 124 Å². The van der Waals surface area contributed by atoms with E-state index in [9.17, 15) is 0 Å². The molecule has 5 heteroatoms. The molecule has 2 aromatic heterocycles. The first-order chi connectivity index (χ1) is 8.66. The maximum absolute atomic E-state index is 6.01. The average molecular weight is 346 g/mol. The Bertz CT molecular complexity index is 467. The van der Waals surface area contributed by atoms with Crippen molar-refractivity contribution in [1.29, 1.82) is 0 Å². The van der Waals surface area contributed by atoms with E-state index >= 15 is 0 Å². The molecule has 2 unspecified atom stereocenters. The quantitative estimate of drug-likeness (QED) is 0.850. The SMILES string of the molecule is CC(N)C(OCCc1cccs1)c1cc(Br)cs1. The number of halogens is 1. The smallest absolute Gasteiger partial charge is 0.106 e. The molecule has 0 aliphatic heterocycles. The Kier molecular flexibility index (Phi) is 5.38. The molecule has 0 bridgehead atoms. The van der Waals surface area contributed by atoms with Crippen molar-refractivity contribution in [1.82, 2.24) is 0 Å². The number of thiophene rings is 2. The van der Waals surface area contributed by atoms with Gasteiger partial charge in [-0.15, -0.1) is 22.7 Å². The molecular weight excluding hydrogens is 330 g/mol. The van der Waals surface area contributed by atoms with Crippen molar-refractivity contribution in [2.75, 3.05) is 6.61 Å². The first kappa shape index (κ1) is 14.2. The van der Waals surface area contributed by atoms with E-state index in [4.69, 9.17) is 10.5 Å². The topological polar surface area (TPSA) is 35.2 Å². The second kappa shape index (κ2) is 6.82. The van der Waals surface area contributed by atoms with E-state index in [1.165, 1.54) is 9.75 Å². The van der Waals surface area contributed by atoms with Gasteiger partial charge in [-0.2, -0.15) is 0 Å². The second-order valence-electron chi connectivity index (χ2n) is 4.15. The minimum absolute atomic E-state index is 0.00103. The van der Waals surface area contributed by atoms with Gasteiger partial charge in [0.1, 0.15) is 6.10 Å². The zero-order chi connectivity index (χ0) is 13.0. The molecule has 2 atom stereocenters. The summed E-state index contributed by atoms with van der Waals surface area (Å²) in [5.41, 5.74) is 6.01. The highest BCUT2D eigenvalue weighted by Crippen LogP contribution is 2.29. The third kappa shape index (κ3) is 3.90. The summed E-state index contributed by atoms with van der Waals surface area (Å²) in [4.78, 5) is 2.54. The fourth-order valence-corrected chi connectivity index (χ4v) is 4.01. The molecule has 0 amide bonds. The average Bonchev–Trinajstić information content (AvgIpc) is 2.95. The fourth-order valence-electron chi connectivity index (χ4n) is 1.71. The monoisotopic (exact) mass is 345 g/mol. The molecule has 2 heterocycles. The highest BCUT2D eigenvalue weighted by atomic mass is 79.9. The van der Waals surface area contributed by atoms with Crippen LogP contribution in [0.3, 0.4) is 0 Å². The predicted molar refractivity (Wildman–Crippen MR) is 82.4 cm³/mol. The standard InChI is InChI=1S/C13H16BrNOS2/c1-9(15)13(12-7-10(14)8-18-12)16-5-4-11-3-2-6-17-11/h2-3,6-9,13H,4-5,15H2,1H3. The molecule has 98 valence electrons. The van der Waals surface area contributed by atoms with Crippen LogP contribution in [-0.2, 0) is 11.2 Å². The summed E-state index contributed by atoms with van der Waals surface area (Å²) in [5.74, 6) is 0. The van der Waals surface area contributed by atoms with E-state index in [1.807, 2.05) is 6.92 Å². The Morgan fingerprint density at radius 2 is 2.28 bits per heavy atom. The van der Waals surface area contributed by atoms with E-state index in [-0.39, 0.29) is 12.1 Å². The van der Waals surface area contributed by atoms with Gasteiger partial charge >= 0.3 is 0 Å². The molecule has 0 aliphatic carbocycles. The molecule has 0 fully saturated rings. The van der Waals surface area contributed by atoms with Crippen molar-refractivity contribution in [3.05, 3.63) is 43.2 Å². The molecule has 18 heavy (non-hydrogen) atoms. The molecule has 0 saturated carbocycles. The van der Waals surface area contributed by atoms with Crippen molar-refractivity contribution in [2.24, 2.45) is 5.73 Å². The summed E-state index contributed by atoms with van der Waals surface area (Å²) in [7, 11) is 0. The van der Waals surface area contributed by atoms with E-state index in [0.29, 0.717) is 6.61 Å². The number of rotatable bonds is 6. The summed E-state index contributed by atoms with van der Waals surface area (Å²) in [6, 6.07) is 6.29. The van der Waals surface area contributed by atoms with Gasteiger partial charge in [0.05, 0.1) is 6.61 Å². The molecule has 2 N–H and O–H groups in total. The van der Waals surface area contributed by atoms with Gasteiger partial charge in [0.15, 0.2) is 0 Å². The van der Waals surface area contributed by atoms with Crippen molar-refractivity contribution < 1.29 is 4.74 Å². The Morgan fingerprint density at radius 3 is 2.83 bits per heavy atom. The second-order valence-corrected chi connectivity index (χ2v) is 7.04. The van der Waals surface area contributed by atoms with E-state index in [1.54, 1.807) is 22.7 Å². The predicted octanol–water partition coefficient (Wildman–Crippen LogP) is 4.22. The van der Waals surface area contributed by atoms with Crippen LogP contribution >= 0.6 is 38.6 Å². The van der Waals surface area contributed by atoms with Crippen molar-refractivity contribution in [2.45, 2.75) is 25.5 Å². The molecule has 0 spiro atoms. The van der Waals surface area contributed by atoms with Crippen LogP contribution in [0.1, 0.15) is 22.8 Å². The van der Waals surface area contributed by atoms with Crippen LogP contribution in [0.5, 0.6) is 0 Å². The van der Waals surface area contributed by atoms with Crippen LogP contribution < -0.4 is 5.73 Å². The van der Waals surface area contributed by atoms with Gasteiger partial charge in [-0.3, -0.25) is 0 Å². The normalized spacial score (nSPS) is 14.6. The Hall–Kier alpha value is -0.200. The van der Waals surface area contributed by atoms with E-state index < -0.39 is 0 Å². The van der Waals surface area contributed by atoms with Crippen LogP contribution in [0, 0.1) is 0 Å². The molecule has 0 radical (unpaired) electrons. The Morgan fingerprint density at radius 1 is 1.44 bits per heavy atom. The van der Waals surface area contributed by atoms with Gasteiger partial charge in [-0.1, -0.05) is 6.07 Å². The lowest BCUT2D eigenvalue weighted by Crippen LogP contribution is -2.26. The highest BCUT2D eigenvalue weighted by Gasteiger charge is 2.18. The summed E-state index contributed by atoms with van der Waals surface area (Å²) in [5, 5.41) is 4.15. The maximum Gasteiger partial charge on any atom is 0.106 e. The molecule has 0 saturated heterocycles. The number of nitrogens with two attached hydrogens (primary N) is 1. The third-order valence-electron chi connectivity index (χ3n) is 2.57. The van der Waals surface area contributed by atoms with Crippen molar-refractivity contribution >= 4 is 38.6 Å². The number of hydrogen-bond acceptors (Lipinski definition) is 4. The minimum atomic E-state index is -0.0127. The Balaban J connectivity index is 1.91. The number of hydrogen-bond donors (Lipinski definition) is 1. The van der Waals surface area contributed by atoms with Crippen LogP contribution in [0.2, 0.25) is 0 Å². The molecule has 0 aromatic carbocycles. The van der Waals surface area contributed by atoms with Crippen LogP contribution in [0.4, 0.5) is 0 Å². The van der Waals surface area contributed by atoms with Crippen LogP contribution in [0.15, 0.2) is 33.4 Å². The van der Waals surface area contributed by atoms with Gasteiger partial charge < -0.3 is 10.5 Å². The largest absolute Gasteiger partial charge is 0.371 e. The molecule has 0 aliphatic rings. The first-order valence-corrected chi connectivity index (χ1v) is 8.35. The molecular formula is C13H16BrNOS2. The fraction of sp³-hybridized carbons (Fsp3) is 0.385. The van der Waals surface area contributed by atoms with Crippen LogP contribution in [-0.4, -0.2) is 12.6 Å². The van der Waals surface area contributed by atoms with E-state index in [0.717, 1.165) is 10.9 Å². The zero-order valence-electron chi connectivity index (χ0n) is 10.1.